The number of carbonyl (C=O) groups excluding carboxylic acids is 1. The second kappa shape index (κ2) is 12.6. The summed E-state index contributed by atoms with van der Waals surface area (Å²) in [6, 6.07) is 11.7. The number of morpholine rings is 1. The van der Waals surface area contributed by atoms with E-state index in [0.29, 0.717) is 60.6 Å². The van der Waals surface area contributed by atoms with E-state index in [1.807, 2.05) is 12.1 Å². The predicted octanol–water partition coefficient (Wildman–Crippen LogP) is 4.38. The van der Waals surface area contributed by atoms with Crippen molar-refractivity contribution in [2.24, 2.45) is 0 Å². The first-order chi connectivity index (χ1) is 16.8. The van der Waals surface area contributed by atoms with Crippen LogP contribution in [-0.2, 0) is 14.8 Å². The summed E-state index contributed by atoms with van der Waals surface area (Å²) in [6.45, 7) is 8.45. The molecule has 2 heterocycles. The molecule has 12 heteroatoms. The van der Waals surface area contributed by atoms with Crippen molar-refractivity contribution in [3.63, 3.8) is 0 Å². The molecule has 1 saturated heterocycles. The van der Waals surface area contributed by atoms with Crippen LogP contribution in [0.25, 0.3) is 10.2 Å². The zero-order valence-electron chi connectivity index (χ0n) is 20.2. The molecule has 0 aliphatic carbocycles. The summed E-state index contributed by atoms with van der Waals surface area (Å²) in [6.07, 6.45) is 0. The first kappa shape index (κ1) is 28.8. The minimum atomic E-state index is -3.63. The molecule has 1 aliphatic heterocycles. The van der Waals surface area contributed by atoms with Crippen molar-refractivity contribution in [1.29, 1.82) is 0 Å². The maximum atomic E-state index is 13.6. The van der Waals surface area contributed by atoms with E-state index in [2.05, 4.69) is 23.7 Å². The topological polar surface area (TPSA) is 83.1 Å². The van der Waals surface area contributed by atoms with E-state index in [9.17, 15) is 13.2 Å². The molecule has 0 bridgehead atoms. The Labute approximate surface area is 227 Å². The van der Waals surface area contributed by atoms with Crippen LogP contribution in [0.3, 0.4) is 0 Å². The van der Waals surface area contributed by atoms with Crippen molar-refractivity contribution in [2.45, 2.75) is 18.7 Å². The zero-order chi connectivity index (χ0) is 25.0. The summed E-state index contributed by atoms with van der Waals surface area (Å²) in [4.78, 5) is 22.3. The van der Waals surface area contributed by atoms with Crippen molar-refractivity contribution in [1.82, 2.24) is 14.2 Å². The van der Waals surface area contributed by atoms with Crippen LogP contribution >= 0.6 is 35.3 Å². The molecule has 1 amide bonds. The molecule has 0 N–H and O–H groups in total. The Morgan fingerprint density at radius 1 is 1.08 bits per heavy atom. The van der Waals surface area contributed by atoms with Crippen molar-refractivity contribution >= 4 is 66.6 Å². The molecular formula is C24H30Cl2N4O4S2. The Kier molecular flexibility index (Phi) is 10.1. The Hall–Kier alpha value is -1.79. The lowest BCUT2D eigenvalue weighted by Gasteiger charge is -2.26. The van der Waals surface area contributed by atoms with Gasteiger partial charge >= 0.3 is 0 Å². The molecular weight excluding hydrogens is 543 g/mol. The van der Waals surface area contributed by atoms with Crippen molar-refractivity contribution < 1.29 is 17.9 Å². The van der Waals surface area contributed by atoms with E-state index in [0.717, 1.165) is 17.8 Å². The maximum Gasteiger partial charge on any atom is 0.260 e. The standard InChI is InChI=1S/C24H29ClN4O4S2.ClH/c1-3-27(4-2)12-13-29(24-26-22-20(25)6-5-7-21(22)34-24)23(30)18-8-10-19(11-9-18)35(31,32)28-14-16-33-17-15-28;/h5-11H,3-4,12-17H2,1-2H3;1H. The molecule has 36 heavy (non-hydrogen) atoms. The van der Waals surface area contributed by atoms with Gasteiger partial charge in [-0.3, -0.25) is 9.69 Å². The van der Waals surface area contributed by atoms with Crippen LogP contribution < -0.4 is 4.90 Å². The van der Waals surface area contributed by atoms with Crippen LogP contribution in [0.4, 0.5) is 5.13 Å². The average Bonchev–Trinajstić information content (AvgIpc) is 3.32. The van der Waals surface area contributed by atoms with Gasteiger partial charge in [-0.25, -0.2) is 13.4 Å². The summed E-state index contributed by atoms with van der Waals surface area (Å²) in [5.74, 6) is -0.234. The van der Waals surface area contributed by atoms with Crippen molar-refractivity contribution in [3.8, 4) is 0 Å². The van der Waals surface area contributed by atoms with Gasteiger partial charge in [-0.05, 0) is 49.5 Å². The third kappa shape index (κ3) is 6.19. The number of thiazole rings is 1. The van der Waals surface area contributed by atoms with Gasteiger partial charge in [-0.1, -0.05) is 42.9 Å². The molecule has 0 saturated carbocycles. The molecule has 1 aromatic heterocycles. The number of aromatic nitrogens is 1. The lowest BCUT2D eigenvalue weighted by Crippen LogP contribution is -2.40. The molecule has 0 atom stereocenters. The Morgan fingerprint density at radius 2 is 1.75 bits per heavy atom. The first-order valence-corrected chi connectivity index (χ1v) is 14.3. The van der Waals surface area contributed by atoms with E-state index >= 15 is 0 Å². The summed E-state index contributed by atoms with van der Waals surface area (Å²) < 4.78 is 33.5. The highest BCUT2D eigenvalue weighted by molar-refractivity contribution is 7.89. The van der Waals surface area contributed by atoms with Gasteiger partial charge in [0.1, 0.15) is 5.52 Å². The van der Waals surface area contributed by atoms with Gasteiger partial charge in [0.05, 0.1) is 27.8 Å². The van der Waals surface area contributed by atoms with Crippen LogP contribution in [0.2, 0.25) is 5.02 Å². The Morgan fingerprint density at radius 3 is 2.36 bits per heavy atom. The number of hydrogen-bond donors (Lipinski definition) is 0. The molecule has 0 radical (unpaired) electrons. The summed E-state index contributed by atoms with van der Waals surface area (Å²) in [7, 11) is -3.63. The predicted molar refractivity (Wildman–Crippen MR) is 147 cm³/mol. The lowest BCUT2D eigenvalue weighted by molar-refractivity contribution is 0.0730. The minimum absolute atomic E-state index is 0. The van der Waals surface area contributed by atoms with Crippen LogP contribution in [0.15, 0.2) is 47.4 Å². The van der Waals surface area contributed by atoms with Gasteiger partial charge in [0.15, 0.2) is 5.13 Å². The van der Waals surface area contributed by atoms with Crippen LogP contribution in [0, 0.1) is 0 Å². The number of para-hydroxylation sites is 1. The van der Waals surface area contributed by atoms with E-state index in [1.54, 1.807) is 23.1 Å². The number of rotatable bonds is 9. The monoisotopic (exact) mass is 572 g/mol. The first-order valence-electron chi connectivity index (χ1n) is 11.6. The van der Waals surface area contributed by atoms with Crippen LogP contribution in [0.1, 0.15) is 24.2 Å². The van der Waals surface area contributed by atoms with E-state index < -0.39 is 10.0 Å². The number of fused-ring (bicyclic) bond motifs is 1. The molecule has 3 aromatic rings. The highest BCUT2D eigenvalue weighted by Crippen LogP contribution is 2.33. The second-order valence-electron chi connectivity index (χ2n) is 8.11. The van der Waals surface area contributed by atoms with E-state index in [-0.39, 0.29) is 23.2 Å². The quantitative estimate of drug-likeness (QED) is 0.378. The largest absolute Gasteiger partial charge is 0.379 e. The van der Waals surface area contributed by atoms with Gasteiger partial charge in [0.2, 0.25) is 10.0 Å². The molecule has 0 unspecified atom stereocenters. The van der Waals surface area contributed by atoms with Crippen molar-refractivity contribution in [3.05, 3.63) is 53.1 Å². The number of likely N-dealkylation sites (N-methyl/N-ethyl adjacent to an activating group) is 1. The molecule has 196 valence electrons. The molecule has 4 rings (SSSR count). The number of carbonyl (C=O) groups is 1. The SMILES string of the molecule is CCN(CC)CCN(C(=O)c1ccc(S(=O)(=O)N2CCOCC2)cc1)c1nc2c(Cl)cccc2s1.Cl. The number of ether oxygens (including phenoxy) is 1. The molecule has 1 fully saturated rings. The van der Waals surface area contributed by atoms with Gasteiger partial charge < -0.3 is 9.64 Å². The average molecular weight is 574 g/mol. The normalized spacial score (nSPS) is 14.7. The summed E-state index contributed by atoms with van der Waals surface area (Å²) in [5, 5.41) is 1.11. The van der Waals surface area contributed by atoms with Crippen LogP contribution in [0.5, 0.6) is 0 Å². The third-order valence-corrected chi connectivity index (χ3v) is 9.34. The zero-order valence-corrected chi connectivity index (χ0v) is 23.4. The Bertz CT molecular complexity index is 1280. The van der Waals surface area contributed by atoms with Crippen LogP contribution in [-0.4, -0.2) is 81.0 Å². The number of hydrogen-bond acceptors (Lipinski definition) is 7. The van der Waals surface area contributed by atoms with Gasteiger partial charge in [-0.2, -0.15) is 4.31 Å². The molecule has 8 nitrogen and oxygen atoms in total. The third-order valence-electron chi connectivity index (χ3n) is 6.08. The number of nitrogens with zero attached hydrogens (tertiary/aromatic N) is 4. The fraction of sp³-hybridized carbons (Fsp3) is 0.417. The minimum Gasteiger partial charge on any atom is -0.379 e. The highest BCUT2D eigenvalue weighted by Gasteiger charge is 2.27. The smallest absolute Gasteiger partial charge is 0.260 e. The molecule has 2 aromatic carbocycles. The van der Waals surface area contributed by atoms with E-state index in [4.69, 9.17) is 16.3 Å². The van der Waals surface area contributed by atoms with Crippen molar-refractivity contribution in [2.75, 3.05) is 57.4 Å². The lowest BCUT2D eigenvalue weighted by atomic mass is 10.2. The van der Waals surface area contributed by atoms with Gasteiger partial charge in [0.25, 0.3) is 5.91 Å². The summed E-state index contributed by atoms with van der Waals surface area (Å²) >= 11 is 7.74. The number of halogens is 2. The summed E-state index contributed by atoms with van der Waals surface area (Å²) in [5.41, 5.74) is 1.07. The number of anilines is 1. The van der Waals surface area contributed by atoms with Gasteiger partial charge in [0, 0.05) is 31.7 Å². The Balaban J connectivity index is 0.00000361. The molecule has 0 spiro atoms. The number of amides is 1. The van der Waals surface area contributed by atoms with Gasteiger partial charge in [-0.15, -0.1) is 12.4 Å². The second-order valence-corrected chi connectivity index (χ2v) is 11.5. The number of sulfonamides is 1. The fourth-order valence-electron chi connectivity index (χ4n) is 3.95. The molecule has 1 aliphatic rings. The maximum absolute atomic E-state index is 13.6. The number of benzene rings is 2. The fourth-order valence-corrected chi connectivity index (χ4v) is 6.64. The highest BCUT2D eigenvalue weighted by atomic mass is 35.5. The van der Waals surface area contributed by atoms with E-state index in [1.165, 1.54) is 27.8 Å².